The van der Waals surface area contributed by atoms with E-state index in [2.05, 4.69) is 146 Å². The molecule has 2 heteroatoms. The number of hydrogen-bond donors (Lipinski definition) is 0. The number of rotatable bonds is 2. The Morgan fingerprint density at radius 1 is 0.292 bits per heavy atom. The van der Waals surface area contributed by atoms with E-state index in [1.165, 1.54) is 76.1 Å². The standard InChI is InChI=1S/C46H26O2/c1-2-12-29-27(11-1)21-24-41-45(29)46-32-15-4-3-13-30(32)38(26-42(46)48-41)44-35-18-7-5-16-33(35)43(34-17-6-8-19-36(34)44)28-22-23-40-37(25-28)31-14-9-10-20-39(31)47-40/h1-26H. The molecule has 9 aromatic carbocycles. The summed E-state index contributed by atoms with van der Waals surface area (Å²) in [5, 5.41) is 14.4. The third-order valence-electron chi connectivity index (χ3n) is 10.2. The zero-order valence-electron chi connectivity index (χ0n) is 25.8. The molecule has 0 atom stereocenters. The Balaban J connectivity index is 1.27. The molecule has 222 valence electrons. The lowest BCUT2D eigenvalue weighted by molar-refractivity contribution is 0.669. The molecule has 2 nitrogen and oxygen atoms in total. The Bertz CT molecular complexity index is 3060. The first-order valence-electron chi connectivity index (χ1n) is 16.4. The molecule has 11 rings (SSSR count). The molecule has 0 N–H and O–H groups in total. The molecule has 0 unspecified atom stereocenters. The molecule has 0 aliphatic carbocycles. The van der Waals surface area contributed by atoms with Crippen molar-refractivity contribution >= 4 is 87.0 Å². The van der Waals surface area contributed by atoms with Crippen LogP contribution in [0.25, 0.3) is 109 Å². The van der Waals surface area contributed by atoms with Crippen LogP contribution in [0.2, 0.25) is 0 Å². The zero-order valence-corrected chi connectivity index (χ0v) is 25.8. The number of furan rings is 2. The molecule has 2 aromatic heterocycles. The van der Waals surface area contributed by atoms with Gasteiger partial charge in [-0.05, 0) is 95.7 Å². The molecular weight excluding hydrogens is 585 g/mol. The van der Waals surface area contributed by atoms with Crippen molar-refractivity contribution in [3.05, 3.63) is 158 Å². The average molecular weight is 611 g/mol. The molecule has 0 amide bonds. The summed E-state index contributed by atoms with van der Waals surface area (Å²) in [7, 11) is 0. The van der Waals surface area contributed by atoms with Gasteiger partial charge in [-0.15, -0.1) is 0 Å². The molecule has 0 aliphatic rings. The second kappa shape index (κ2) is 9.57. The topological polar surface area (TPSA) is 26.3 Å². The predicted molar refractivity (Wildman–Crippen MR) is 202 cm³/mol. The highest BCUT2D eigenvalue weighted by atomic mass is 16.3. The van der Waals surface area contributed by atoms with Crippen LogP contribution in [-0.4, -0.2) is 0 Å². The van der Waals surface area contributed by atoms with Crippen LogP contribution in [-0.2, 0) is 0 Å². The number of fused-ring (bicyclic) bond motifs is 12. The summed E-state index contributed by atoms with van der Waals surface area (Å²) in [6, 6.07) is 56.6. The smallest absolute Gasteiger partial charge is 0.136 e. The van der Waals surface area contributed by atoms with Crippen LogP contribution in [0, 0.1) is 0 Å². The summed E-state index contributed by atoms with van der Waals surface area (Å²) < 4.78 is 12.9. The molecule has 0 saturated heterocycles. The van der Waals surface area contributed by atoms with Crippen LogP contribution in [0.3, 0.4) is 0 Å². The van der Waals surface area contributed by atoms with Gasteiger partial charge >= 0.3 is 0 Å². The normalized spacial score (nSPS) is 12.2. The maximum absolute atomic E-state index is 6.71. The molecule has 48 heavy (non-hydrogen) atoms. The summed E-state index contributed by atoms with van der Waals surface area (Å²) >= 11 is 0. The third kappa shape index (κ3) is 3.46. The lowest BCUT2D eigenvalue weighted by Gasteiger charge is -2.19. The summed E-state index contributed by atoms with van der Waals surface area (Å²) in [6.45, 7) is 0. The minimum absolute atomic E-state index is 0.906. The van der Waals surface area contributed by atoms with Gasteiger partial charge in [0.1, 0.15) is 22.3 Å². The first-order valence-corrected chi connectivity index (χ1v) is 16.4. The second-order valence-electron chi connectivity index (χ2n) is 12.8. The molecular formula is C46H26O2. The van der Waals surface area contributed by atoms with E-state index in [-0.39, 0.29) is 0 Å². The fourth-order valence-corrected chi connectivity index (χ4v) is 8.22. The van der Waals surface area contributed by atoms with Crippen LogP contribution in [0.5, 0.6) is 0 Å². The summed E-state index contributed by atoms with van der Waals surface area (Å²) in [6.07, 6.45) is 0. The van der Waals surface area contributed by atoms with Gasteiger partial charge in [0, 0.05) is 21.5 Å². The molecule has 2 heterocycles. The first kappa shape index (κ1) is 25.8. The van der Waals surface area contributed by atoms with E-state index in [0.717, 1.165) is 33.1 Å². The van der Waals surface area contributed by atoms with E-state index in [0.29, 0.717) is 0 Å². The molecule has 11 aromatic rings. The lowest BCUT2D eigenvalue weighted by atomic mass is 9.84. The van der Waals surface area contributed by atoms with Crippen molar-refractivity contribution in [2.24, 2.45) is 0 Å². The van der Waals surface area contributed by atoms with E-state index < -0.39 is 0 Å². The van der Waals surface area contributed by atoms with Gasteiger partial charge in [-0.25, -0.2) is 0 Å². The van der Waals surface area contributed by atoms with E-state index in [4.69, 9.17) is 8.83 Å². The number of hydrogen-bond acceptors (Lipinski definition) is 2. The minimum Gasteiger partial charge on any atom is -0.456 e. The molecule has 0 saturated carbocycles. The summed E-state index contributed by atoms with van der Waals surface area (Å²) in [4.78, 5) is 0. The van der Waals surface area contributed by atoms with Gasteiger partial charge < -0.3 is 8.83 Å². The van der Waals surface area contributed by atoms with Gasteiger partial charge in [0.2, 0.25) is 0 Å². The Kier molecular flexibility index (Phi) is 5.14. The van der Waals surface area contributed by atoms with E-state index in [1.54, 1.807) is 0 Å². The summed E-state index contributed by atoms with van der Waals surface area (Å²) in [5.74, 6) is 0. The van der Waals surface area contributed by atoms with Gasteiger partial charge in [0.05, 0.1) is 0 Å². The molecule has 0 radical (unpaired) electrons. The van der Waals surface area contributed by atoms with Crippen molar-refractivity contribution < 1.29 is 8.83 Å². The van der Waals surface area contributed by atoms with Crippen molar-refractivity contribution in [2.45, 2.75) is 0 Å². The quantitative estimate of drug-likeness (QED) is 0.182. The lowest BCUT2D eigenvalue weighted by Crippen LogP contribution is -1.92. The second-order valence-corrected chi connectivity index (χ2v) is 12.8. The third-order valence-corrected chi connectivity index (χ3v) is 10.2. The highest BCUT2D eigenvalue weighted by molar-refractivity contribution is 6.31. The van der Waals surface area contributed by atoms with Gasteiger partial charge in [-0.3, -0.25) is 0 Å². The van der Waals surface area contributed by atoms with Gasteiger partial charge in [0.25, 0.3) is 0 Å². The minimum atomic E-state index is 0.906. The van der Waals surface area contributed by atoms with Gasteiger partial charge in [0.15, 0.2) is 0 Å². The summed E-state index contributed by atoms with van der Waals surface area (Å²) in [5.41, 5.74) is 8.46. The highest BCUT2D eigenvalue weighted by Crippen LogP contribution is 2.48. The van der Waals surface area contributed by atoms with E-state index in [9.17, 15) is 0 Å². The van der Waals surface area contributed by atoms with Crippen LogP contribution in [0.4, 0.5) is 0 Å². The number of benzene rings is 9. The van der Waals surface area contributed by atoms with Crippen molar-refractivity contribution in [3.8, 4) is 22.3 Å². The number of para-hydroxylation sites is 1. The van der Waals surface area contributed by atoms with E-state index >= 15 is 0 Å². The largest absolute Gasteiger partial charge is 0.456 e. The first-order chi connectivity index (χ1) is 23.8. The van der Waals surface area contributed by atoms with Crippen molar-refractivity contribution in [1.82, 2.24) is 0 Å². The molecule has 0 spiro atoms. The SMILES string of the molecule is c1ccc2c(c1)ccc1oc3cc(-c4c5ccccc5c(-c5ccc6oc7ccccc7c6c5)c5ccccc45)c4ccccc4c3c12. The molecule has 0 bridgehead atoms. The zero-order chi connectivity index (χ0) is 31.3. The van der Waals surface area contributed by atoms with Crippen LogP contribution < -0.4 is 0 Å². The Morgan fingerprint density at radius 2 is 0.812 bits per heavy atom. The predicted octanol–water partition coefficient (Wildman–Crippen LogP) is 13.4. The van der Waals surface area contributed by atoms with Gasteiger partial charge in [-0.1, -0.05) is 127 Å². The maximum atomic E-state index is 6.71. The van der Waals surface area contributed by atoms with Crippen molar-refractivity contribution in [3.63, 3.8) is 0 Å². The monoisotopic (exact) mass is 610 g/mol. The van der Waals surface area contributed by atoms with Crippen LogP contribution in [0.1, 0.15) is 0 Å². The fraction of sp³-hybridized carbons (Fsp3) is 0. The Labute approximate surface area is 275 Å². The van der Waals surface area contributed by atoms with Crippen molar-refractivity contribution in [2.75, 3.05) is 0 Å². The molecule has 0 aliphatic heterocycles. The Hall–Kier alpha value is -6.38. The highest BCUT2D eigenvalue weighted by Gasteiger charge is 2.22. The Morgan fingerprint density at radius 3 is 1.56 bits per heavy atom. The van der Waals surface area contributed by atoms with E-state index in [1.807, 2.05) is 12.1 Å². The maximum Gasteiger partial charge on any atom is 0.136 e. The average Bonchev–Trinajstić information content (AvgIpc) is 3.72. The van der Waals surface area contributed by atoms with Crippen LogP contribution >= 0.6 is 0 Å². The van der Waals surface area contributed by atoms with Crippen LogP contribution in [0.15, 0.2) is 167 Å². The fourth-order valence-electron chi connectivity index (χ4n) is 8.22. The van der Waals surface area contributed by atoms with Crippen molar-refractivity contribution in [1.29, 1.82) is 0 Å². The van der Waals surface area contributed by atoms with Gasteiger partial charge in [-0.2, -0.15) is 0 Å². The molecule has 0 fully saturated rings.